The summed E-state index contributed by atoms with van der Waals surface area (Å²) in [6.45, 7) is 1.93. The number of nitrogens with zero attached hydrogens (tertiary/aromatic N) is 1. The number of rotatable bonds is 5. The zero-order valence-corrected chi connectivity index (χ0v) is 13.6. The van der Waals surface area contributed by atoms with E-state index in [-0.39, 0.29) is 16.9 Å². The minimum absolute atomic E-state index is 0.176. The molecule has 1 aromatic carbocycles. The summed E-state index contributed by atoms with van der Waals surface area (Å²) < 4.78 is 1.33. The summed E-state index contributed by atoms with van der Waals surface area (Å²) in [6.07, 6.45) is 3.36. The number of aromatic amines is 1. The van der Waals surface area contributed by atoms with Gasteiger partial charge < -0.3 is 5.32 Å². The lowest BCUT2D eigenvalue weighted by Gasteiger charge is -2.08. The molecule has 22 heavy (non-hydrogen) atoms. The van der Waals surface area contributed by atoms with Crippen molar-refractivity contribution in [2.24, 2.45) is 0 Å². The first-order valence-corrected chi connectivity index (χ1v) is 7.67. The summed E-state index contributed by atoms with van der Waals surface area (Å²) in [5, 5.41) is 2.72. The molecule has 0 fully saturated rings. The third-order valence-corrected chi connectivity index (χ3v) is 3.62. The van der Waals surface area contributed by atoms with E-state index in [1.54, 1.807) is 0 Å². The Morgan fingerprint density at radius 2 is 1.95 bits per heavy atom. The van der Waals surface area contributed by atoms with Gasteiger partial charge in [0.05, 0.1) is 4.47 Å². The van der Waals surface area contributed by atoms with Crippen LogP contribution in [0.5, 0.6) is 0 Å². The molecular formula is C15H16BrN3O3. The summed E-state index contributed by atoms with van der Waals surface area (Å²) in [5.74, 6) is -0.343. The average Bonchev–Trinajstić information content (AvgIpc) is 2.47. The van der Waals surface area contributed by atoms with Gasteiger partial charge in [0.15, 0.2) is 0 Å². The topological polar surface area (TPSA) is 84.0 Å². The lowest BCUT2D eigenvalue weighted by Crippen LogP contribution is -2.33. The first-order valence-electron chi connectivity index (χ1n) is 6.87. The Bertz CT molecular complexity index is 778. The Kier molecular flexibility index (Phi) is 5.32. The molecule has 0 saturated carbocycles. The van der Waals surface area contributed by atoms with E-state index in [4.69, 9.17) is 0 Å². The van der Waals surface area contributed by atoms with E-state index in [1.165, 1.54) is 11.8 Å². The minimum Gasteiger partial charge on any atom is -0.325 e. The van der Waals surface area contributed by atoms with Crippen LogP contribution in [0, 0.1) is 0 Å². The first-order chi connectivity index (χ1) is 10.5. The Labute approximate surface area is 135 Å². The molecule has 0 aliphatic rings. The van der Waals surface area contributed by atoms with Crippen molar-refractivity contribution in [1.82, 2.24) is 9.55 Å². The number of amides is 1. The van der Waals surface area contributed by atoms with Crippen LogP contribution in [0.2, 0.25) is 0 Å². The number of H-pyrrole nitrogens is 1. The van der Waals surface area contributed by atoms with Gasteiger partial charge in [-0.1, -0.05) is 25.5 Å². The molecule has 0 spiro atoms. The quantitative estimate of drug-likeness (QED) is 0.848. The molecular weight excluding hydrogens is 350 g/mol. The maximum atomic E-state index is 12.0. The number of benzene rings is 1. The van der Waals surface area contributed by atoms with Crippen LogP contribution in [-0.4, -0.2) is 15.5 Å². The van der Waals surface area contributed by atoms with Crippen LogP contribution in [0.3, 0.4) is 0 Å². The van der Waals surface area contributed by atoms with Gasteiger partial charge >= 0.3 is 5.69 Å². The highest BCUT2D eigenvalue weighted by Gasteiger charge is 2.07. The second-order valence-corrected chi connectivity index (χ2v) is 5.71. The van der Waals surface area contributed by atoms with Crippen molar-refractivity contribution in [3.63, 3.8) is 0 Å². The van der Waals surface area contributed by atoms with Crippen LogP contribution in [0.1, 0.15) is 18.9 Å². The van der Waals surface area contributed by atoms with Gasteiger partial charge in [-0.2, -0.15) is 0 Å². The van der Waals surface area contributed by atoms with Crippen LogP contribution in [0.25, 0.3) is 0 Å². The van der Waals surface area contributed by atoms with Crippen molar-refractivity contribution in [2.45, 2.75) is 26.3 Å². The van der Waals surface area contributed by atoms with Crippen molar-refractivity contribution < 1.29 is 4.79 Å². The first kappa shape index (κ1) is 16.2. The fraction of sp³-hybridized carbons (Fsp3) is 0.267. The second kappa shape index (κ2) is 7.22. The molecule has 116 valence electrons. The molecule has 0 aliphatic heterocycles. The molecule has 0 aliphatic carbocycles. The Morgan fingerprint density at radius 3 is 2.59 bits per heavy atom. The largest absolute Gasteiger partial charge is 0.328 e. The molecule has 0 atom stereocenters. The number of hydrogen-bond donors (Lipinski definition) is 2. The van der Waals surface area contributed by atoms with Gasteiger partial charge in [-0.25, -0.2) is 4.79 Å². The summed E-state index contributed by atoms with van der Waals surface area (Å²) in [7, 11) is 0. The summed E-state index contributed by atoms with van der Waals surface area (Å²) >= 11 is 3.02. The van der Waals surface area contributed by atoms with Crippen molar-refractivity contribution in [1.29, 1.82) is 0 Å². The van der Waals surface area contributed by atoms with Crippen LogP contribution in [0.4, 0.5) is 5.69 Å². The van der Waals surface area contributed by atoms with E-state index in [0.29, 0.717) is 5.69 Å². The number of nitrogens with one attached hydrogen (secondary N) is 2. The molecule has 1 aromatic heterocycles. The lowest BCUT2D eigenvalue weighted by atomic mass is 10.1. The number of halogens is 1. The lowest BCUT2D eigenvalue weighted by molar-refractivity contribution is -0.116. The van der Waals surface area contributed by atoms with E-state index < -0.39 is 11.2 Å². The molecule has 6 nitrogen and oxygen atoms in total. The molecule has 0 radical (unpaired) electrons. The van der Waals surface area contributed by atoms with Gasteiger partial charge in [0.1, 0.15) is 6.54 Å². The molecule has 0 unspecified atom stereocenters. The monoisotopic (exact) mass is 365 g/mol. The zero-order valence-electron chi connectivity index (χ0n) is 12.1. The Morgan fingerprint density at radius 1 is 1.27 bits per heavy atom. The van der Waals surface area contributed by atoms with Crippen LogP contribution in [0.15, 0.2) is 44.5 Å². The van der Waals surface area contributed by atoms with Crippen molar-refractivity contribution in [3.8, 4) is 0 Å². The van der Waals surface area contributed by atoms with E-state index >= 15 is 0 Å². The molecule has 1 heterocycles. The predicted octanol–water partition coefficient (Wildman–Crippen LogP) is 1.89. The Hall–Kier alpha value is -2.15. The molecule has 2 aromatic rings. The van der Waals surface area contributed by atoms with Crippen molar-refractivity contribution in [2.75, 3.05) is 5.32 Å². The number of hydrogen-bond acceptors (Lipinski definition) is 3. The maximum absolute atomic E-state index is 12.0. The highest BCUT2D eigenvalue weighted by atomic mass is 79.9. The maximum Gasteiger partial charge on any atom is 0.328 e. The van der Waals surface area contributed by atoms with Crippen LogP contribution >= 0.6 is 15.9 Å². The zero-order chi connectivity index (χ0) is 16.1. The van der Waals surface area contributed by atoms with Gasteiger partial charge in [-0.15, -0.1) is 0 Å². The normalized spacial score (nSPS) is 10.5. The number of carbonyl (C=O) groups is 1. The van der Waals surface area contributed by atoms with Gasteiger partial charge in [0.25, 0.3) is 5.56 Å². The van der Waals surface area contributed by atoms with E-state index in [1.807, 2.05) is 24.3 Å². The third kappa shape index (κ3) is 4.17. The fourth-order valence-electron chi connectivity index (χ4n) is 2.00. The van der Waals surface area contributed by atoms with Crippen molar-refractivity contribution in [3.05, 3.63) is 61.3 Å². The van der Waals surface area contributed by atoms with Gasteiger partial charge in [0, 0.05) is 11.9 Å². The number of carbonyl (C=O) groups excluding carboxylic acids is 1. The highest BCUT2D eigenvalue weighted by molar-refractivity contribution is 9.10. The number of anilines is 1. The summed E-state index contributed by atoms with van der Waals surface area (Å²) in [4.78, 5) is 36.9. The standard InChI is InChI=1S/C15H16BrN3O3/c1-2-3-10-4-6-11(7-5-10)17-13(20)9-19-8-12(16)14(21)18-15(19)22/h4-8H,2-3,9H2,1H3,(H,17,20)(H,18,21,22). The van der Waals surface area contributed by atoms with Crippen LogP contribution in [-0.2, 0) is 17.8 Å². The molecule has 2 rings (SSSR count). The average molecular weight is 366 g/mol. The van der Waals surface area contributed by atoms with E-state index in [0.717, 1.165) is 17.4 Å². The number of aromatic nitrogens is 2. The molecule has 7 heteroatoms. The molecule has 1 amide bonds. The molecule has 0 bridgehead atoms. The molecule has 2 N–H and O–H groups in total. The highest BCUT2D eigenvalue weighted by Crippen LogP contribution is 2.11. The predicted molar refractivity (Wildman–Crippen MR) is 88.1 cm³/mol. The van der Waals surface area contributed by atoms with E-state index in [2.05, 4.69) is 33.2 Å². The van der Waals surface area contributed by atoms with E-state index in [9.17, 15) is 14.4 Å². The summed E-state index contributed by atoms with van der Waals surface area (Å²) in [5.41, 5.74) is 0.734. The smallest absolute Gasteiger partial charge is 0.325 e. The van der Waals surface area contributed by atoms with Gasteiger partial charge in [-0.05, 0) is 40.0 Å². The van der Waals surface area contributed by atoms with Gasteiger partial charge in [-0.3, -0.25) is 19.1 Å². The molecule has 0 saturated heterocycles. The van der Waals surface area contributed by atoms with Gasteiger partial charge in [0.2, 0.25) is 5.91 Å². The fourth-order valence-corrected chi connectivity index (χ4v) is 2.35. The van der Waals surface area contributed by atoms with Crippen molar-refractivity contribution >= 4 is 27.5 Å². The third-order valence-electron chi connectivity index (χ3n) is 3.06. The summed E-state index contributed by atoms with van der Waals surface area (Å²) in [6, 6.07) is 7.58. The number of aryl methyl sites for hydroxylation is 1. The second-order valence-electron chi connectivity index (χ2n) is 4.86. The SMILES string of the molecule is CCCc1ccc(NC(=O)Cn2cc(Br)c(=O)[nH]c2=O)cc1. The Balaban J connectivity index is 2.05. The van der Waals surface area contributed by atoms with Crippen LogP contribution < -0.4 is 16.6 Å². The minimum atomic E-state index is -0.623.